The minimum Gasteiger partial charge on any atom is -0.399 e. The van der Waals surface area contributed by atoms with Crippen molar-refractivity contribution in [3.8, 4) is 22.5 Å². The lowest BCUT2D eigenvalue weighted by molar-refractivity contribution is 0.0812. The van der Waals surface area contributed by atoms with Gasteiger partial charge in [-0.3, -0.25) is 24.0 Å². The predicted molar refractivity (Wildman–Crippen MR) is 194 cm³/mol. The van der Waals surface area contributed by atoms with Crippen molar-refractivity contribution in [2.45, 2.75) is 39.5 Å². The number of Topliss-reactive ketones (excluding diaryl/α,β-unsaturated/α-hetero) is 4. The molecule has 6 aromatic rings. The van der Waals surface area contributed by atoms with Gasteiger partial charge in [0.15, 0.2) is 0 Å². The topological polar surface area (TPSA) is 169 Å². The number of nitrogens with zero attached hydrogens (tertiary/aromatic N) is 2. The van der Waals surface area contributed by atoms with Crippen LogP contribution in [0.2, 0.25) is 0 Å². The summed E-state index contributed by atoms with van der Waals surface area (Å²) in [4.78, 5) is 73.5. The zero-order valence-electron chi connectivity index (χ0n) is 28.8. The van der Waals surface area contributed by atoms with Crippen molar-refractivity contribution in [2.75, 3.05) is 5.73 Å². The van der Waals surface area contributed by atoms with Crippen LogP contribution in [0.3, 0.4) is 0 Å². The molecule has 10 nitrogen and oxygen atoms in total. The third-order valence-corrected chi connectivity index (χ3v) is 8.79. The zero-order chi connectivity index (χ0) is 37.8. The fraction of sp³-hybridized carbons (Fsp3) is 0.146. The molecule has 266 valence electrons. The molecule has 4 aromatic carbocycles. The molecule has 0 atom stereocenters. The Kier molecular flexibility index (Phi) is 10.4. The summed E-state index contributed by atoms with van der Waals surface area (Å²) in [5, 5.41) is 0. The second-order valence-corrected chi connectivity index (χ2v) is 12.3. The molecule has 0 saturated carbocycles. The Morgan fingerprint density at radius 3 is 1.55 bits per heavy atom. The van der Waals surface area contributed by atoms with Crippen LogP contribution in [0.5, 0.6) is 0 Å². The Morgan fingerprint density at radius 2 is 1.04 bits per heavy atom. The van der Waals surface area contributed by atoms with Crippen LogP contribution >= 0.6 is 0 Å². The second kappa shape index (κ2) is 15.3. The minimum absolute atomic E-state index is 0.257. The Morgan fingerprint density at radius 1 is 0.585 bits per heavy atom. The van der Waals surface area contributed by atoms with Crippen molar-refractivity contribution < 1.29 is 32.8 Å². The van der Waals surface area contributed by atoms with Crippen LogP contribution in [0.25, 0.3) is 22.5 Å². The largest absolute Gasteiger partial charge is 0.399 e. The molecule has 2 heterocycles. The molecule has 0 saturated heterocycles. The number of aryl methyl sites for hydroxylation is 4. The lowest BCUT2D eigenvalue weighted by Gasteiger charge is -2.14. The molecule has 2 aromatic heterocycles. The Hall–Kier alpha value is -6.69. The van der Waals surface area contributed by atoms with E-state index in [0.29, 0.717) is 87.8 Å². The molecule has 0 unspecified atom stereocenters. The summed E-state index contributed by atoms with van der Waals surface area (Å²) in [6.45, 7) is 3.87. The Balaban J connectivity index is 0.000000153. The highest BCUT2D eigenvalue weighted by Crippen LogP contribution is 2.34. The first kappa shape index (κ1) is 36.1. The molecule has 4 N–H and O–H groups in total. The molecule has 0 amide bonds. The molecule has 0 spiro atoms. The van der Waals surface area contributed by atoms with Gasteiger partial charge < -0.3 is 15.7 Å². The lowest BCUT2D eigenvalue weighted by atomic mass is 9.88. The average Bonchev–Trinajstić information content (AvgIpc) is 3.82. The predicted octanol–water partition coefficient (Wildman–Crippen LogP) is 7.18. The number of hydrogen-bond acceptors (Lipinski definition) is 8. The molecule has 0 fully saturated rings. The highest BCUT2D eigenvalue weighted by Gasteiger charge is 2.34. The smallest absolute Gasteiger partial charge is 0.251 e. The van der Waals surface area contributed by atoms with E-state index in [2.05, 4.69) is 19.9 Å². The number of rotatable bonds is 6. The van der Waals surface area contributed by atoms with Gasteiger partial charge in [-0.05, 0) is 84.6 Å². The number of nitrogen functional groups attached to an aromatic ring is 1. The van der Waals surface area contributed by atoms with Gasteiger partial charge >= 0.3 is 0 Å². The molecular formula is C41H33F2N5O5. The average molecular weight is 714 g/mol. The number of ketones is 4. The number of nitrogens with two attached hydrogens (primary N) is 1. The van der Waals surface area contributed by atoms with Crippen molar-refractivity contribution >= 4 is 35.1 Å². The number of aromatic nitrogens is 4. The van der Waals surface area contributed by atoms with Crippen molar-refractivity contribution in [1.29, 1.82) is 0 Å². The summed E-state index contributed by atoms with van der Waals surface area (Å²) in [6.07, 6.45) is 3.46. The van der Waals surface area contributed by atoms with Crippen LogP contribution in [-0.4, -0.2) is 49.4 Å². The van der Waals surface area contributed by atoms with Crippen molar-refractivity contribution in [2.24, 2.45) is 0 Å². The number of aromatic amines is 2. The highest BCUT2D eigenvalue weighted by molar-refractivity contribution is 6.53. The number of fused-ring (bicyclic) bond motifs is 6. The van der Waals surface area contributed by atoms with E-state index in [9.17, 15) is 32.8 Å². The van der Waals surface area contributed by atoms with Crippen LogP contribution < -0.4 is 5.73 Å². The monoisotopic (exact) mass is 713 g/mol. The summed E-state index contributed by atoms with van der Waals surface area (Å²) < 4.78 is 25.1. The number of nitrogens with one attached hydrogen (secondary N) is 2. The van der Waals surface area contributed by atoms with E-state index in [1.54, 1.807) is 30.3 Å². The molecule has 0 bridgehead atoms. The third-order valence-electron chi connectivity index (χ3n) is 8.79. The first-order chi connectivity index (χ1) is 25.5. The standard InChI is InChI=1S/C21H17FN2O2.C13H11N3O2.C7H5FO/c1-2-17-23-18-15-10-7-13(4-3-12-5-8-14(22)9-6-12)11-16(15)20(25)21(26)19(18)24-17;1-2-9-15-10-7-4-3-6(14)5-8(7)12(17)13(18)11(10)16-9;8-7-3-1-6(5-9)2-4-7/h5-11H,2-4H2,1H3,(H,23,24);3-5H,2,14H2,1H3,(H,15,16);1-5H. The maximum Gasteiger partial charge on any atom is 0.251 e. The number of aldehydes is 1. The van der Waals surface area contributed by atoms with Gasteiger partial charge in [-0.1, -0.05) is 38.1 Å². The third kappa shape index (κ3) is 7.52. The molecule has 8 rings (SSSR count). The van der Waals surface area contributed by atoms with E-state index in [1.165, 1.54) is 42.5 Å². The Bertz CT molecular complexity index is 2390. The lowest BCUT2D eigenvalue weighted by Crippen LogP contribution is -2.21. The first-order valence-electron chi connectivity index (χ1n) is 16.8. The van der Waals surface area contributed by atoms with Crippen molar-refractivity contribution in [3.63, 3.8) is 0 Å². The molecule has 0 aliphatic heterocycles. The number of anilines is 1. The maximum absolute atomic E-state index is 13.0. The normalized spacial score (nSPS) is 12.4. The van der Waals surface area contributed by atoms with Gasteiger partial charge in [0.05, 0.1) is 0 Å². The summed E-state index contributed by atoms with van der Waals surface area (Å²) in [7, 11) is 0. The number of halogens is 2. The summed E-state index contributed by atoms with van der Waals surface area (Å²) >= 11 is 0. The fourth-order valence-corrected chi connectivity index (χ4v) is 5.95. The van der Waals surface area contributed by atoms with Gasteiger partial charge in [-0.15, -0.1) is 0 Å². The van der Waals surface area contributed by atoms with Crippen LogP contribution in [-0.2, 0) is 25.7 Å². The van der Waals surface area contributed by atoms with E-state index < -0.39 is 23.1 Å². The van der Waals surface area contributed by atoms with Crippen molar-refractivity contribution in [3.05, 3.63) is 147 Å². The number of H-pyrrole nitrogens is 2. The van der Waals surface area contributed by atoms with Crippen LogP contribution in [0.1, 0.15) is 88.7 Å². The van der Waals surface area contributed by atoms with Gasteiger partial charge in [0.1, 0.15) is 52.3 Å². The Labute approximate surface area is 302 Å². The van der Waals surface area contributed by atoms with Gasteiger partial charge in [-0.2, -0.15) is 0 Å². The van der Waals surface area contributed by atoms with Crippen molar-refractivity contribution in [1.82, 2.24) is 19.9 Å². The number of hydrogen-bond donors (Lipinski definition) is 3. The van der Waals surface area contributed by atoms with Gasteiger partial charge in [0.2, 0.25) is 11.6 Å². The minimum atomic E-state index is -0.546. The van der Waals surface area contributed by atoms with Gasteiger partial charge in [0, 0.05) is 46.3 Å². The first-order valence-corrected chi connectivity index (χ1v) is 16.8. The SMILES string of the molecule is CCc1nc2c([nH]1)C(=O)C(=O)c1cc(CCc3ccc(F)cc3)ccc1-2.CCc1nc2c([nH]1)C(=O)C(=O)c1cc(N)ccc1-2.O=Cc1ccc(F)cc1. The van der Waals surface area contributed by atoms with Crippen LogP contribution in [0.4, 0.5) is 14.5 Å². The fourth-order valence-electron chi connectivity index (χ4n) is 5.95. The van der Waals surface area contributed by atoms with E-state index in [0.717, 1.165) is 17.5 Å². The van der Waals surface area contributed by atoms with E-state index in [-0.39, 0.29) is 17.3 Å². The second-order valence-electron chi connectivity index (χ2n) is 12.3. The molecule has 0 radical (unpaired) electrons. The van der Waals surface area contributed by atoms with Gasteiger partial charge in [0.25, 0.3) is 11.6 Å². The zero-order valence-corrected chi connectivity index (χ0v) is 28.8. The maximum atomic E-state index is 13.0. The summed E-state index contributed by atoms with van der Waals surface area (Å²) in [5.74, 6) is -1.28. The van der Waals surface area contributed by atoms with E-state index in [4.69, 9.17) is 5.73 Å². The van der Waals surface area contributed by atoms with Crippen LogP contribution in [0, 0.1) is 11.6 Å². The van der Waals surface area contributed by atoms with E-state index >= 15 is 0 Å². The highest BCUT2D eigenvalue weighted by atomic mass is 19.1. The molecule has 2 aliphatic carbocycles. The molecule has 12 heteroatoms. The summed E-state index contributed by atoms with van der Waals surface area (Å²) in [5.41, 5.74) is 12.4. The number of carbonyl (C=O) groups excluding carboxylic acids is 5. The number of benzene rings is 4. The van der Waals surface area contributed by atoms with Crippen LogP contribution in [0.15, 0.2) is 84.9 Å². The van der Waals surface area contributed by atoms with E-state index in [1.807, 2.05) is 26.0 Å². The number of imidazole rings is 2. The molecule has 2 aliphatic rings. The van der Waals surface area contributed by atoms with Gasteiger partial charge in [-0.25, -0.2) is 18.7 Å². The molecular weight excluding hydrogens is 680 g/mol. The quantitative estimate of drug-likeness (QED) is 0.0927. The molecule has 53 heavy (non-hydrogen) atoms. The number of carbonyl (C=O) groups is 5. The summed E-state index contributed by atoms with van der Waals surface area (Å²) in [6, 6.07) is 22.3.